The van der Waals surface area contributed by atoms with Crippen molar-refractivity contribution in [2.24, 2.45) is 0 Å². The lowest BCUT2D eigenvalue weighted by Crippen LogP contribution is -2.29. The molecule has 1 aliphatic carbocycles. The number of aryl methyl sites for hydroxylation is 1. The molecule has 0 amide bonds. The largest absolute Gasteiger partial charge is 0.316 e. The van der Waals surface area contributed by atoms with Gasteiger partial charge in [0.25, 0.3) is 0 Å². The van der Waals surface area contributed by atoms with Crippen molar-refractivity contribution >= 4 is 23.1 Å². The third kappa shape index (κ3) is 4.94. The van der Waals surface area contributed by atoms with Gasteiger partial charge in [-0.25, -0.2) is 0 Å². The van der Waals surface area contributed by atoms with E-state index in [9.17, 15) is 0 Å². The Hall–Kier alpha value is 0.01000. The van der Waals surface area contributed by atoms with Crippen molar-refractivity contribution in [3.8, 4) is 0 Å². The summed E-state index contributed by atoms with van der Waals surface area (Å²) in [6, 6.07) is 5.09. The number of thiophene rings is 1. The van der Waals surface area contributed by atoms with E-state index < -0.39 is 0 Å². The van der Waals surface area contributed by atoms with Gasteiger partial charge in [0.05, 0.1) is 0 Å². The fraction of sp³-hybridized carbons (Fsp3) is 0.733. The van der Waals surface area contributed by atoms with Gasteiger partial charge in [0.2, 0.25) is 0 Å². The molecule has 0 spiro atoms. The molecular formula is C15H25NS2. The average molecular weight is 284 g/mol. The highest BCUT2D eigenvalue weighted by atomic mass is 32.2. The van der Waals surface area contributed by atoms with Gasteiger partial charge in [-0.05, 0) is 44.2 Å². The summed E-state index contributed by atoms with van der Waals surface area (Å²) in [5, 5.41) is 6.61. The maximum absolute atomic E-state index is 3.49. The maximum atomic E-state index is 3.49. The number of rotatable bonds is 7. The van der Waals surface area contributed by atoms with E-state index in [0.29, 0.717) is 6.04 Å². The highest BCUT2D eigenvalue weighted by Crippen LogP contribution is 2.29. The monoisotopic (exact) mass is 283 g/mol. The van der Waals surface area contributed by atoms with Gasteiger partial charge in [-0.15, -0.1) is 11.3 Å². The third-order valence-corrected chi connectivity index (χ3v) is 6.29. The van der Waals surface area contributed by atoms with Crippen LogP contribution in [0.3, 0.4) is 0 Å². The highest BCUT2D eigenvalue weighted by molar-refractivity contribution is 7.99. The lowest BCUT2D eigenvalue weighted by atomic mass is 10.0. The van der Waals surface area contributed by atoms with Crippen LogP contribution in [0.2, 0.25) is 0 Å². The van der Waals surface area contributed by atoms with Crippen LogP contribution < -0.4 is 5.32 Å². The fourth-order valence-corrected chi connectivity index (χ4v) is 4.80. The van der Waals surface area contributed by atoms with Gasteiger partial charge in [0.1, 0.15) is 0 Å². The summed E-state index contributed by atoms with van der Waals surface area (Å²) in [5.74, 6) is 1.28. The van der Waals surface area contributed by atoms with E-state index in [-0.39, 0.29) is 0 Å². The van der Waals surface area contributed by atoms with Gasteiger partial charge in [-0.1, -0.05) is 25.3 Å². The number of thioether (sulfide) groups is 1. The molecule has 102 valence electrons. The molecule has 1 saturated carbocycles. The Kier molecular flexibility index (Phi) is 6.60. The molecule has 1 heterocycles. The Balaban J connectivity index is 1.65. The van der Waals surface area contributed by atoms with E-state index in [1.54, 1.807) is 0 Å². The van der Waals surface area contributed by atoms with Gasteiger partial charge in [0, 0.05) is 21.9 Å². The van der Waals surface area contributed by atoms with Crippen molar-refractivity contribution in [1.82, 2.24) is 5.32 Å². The lowest BCUT2D eigenvalue weighted by Gasteiger charge is -2.23. The first-order valence-corrected chi connectivity index (χ1v) is 9.12. The predicted octanol–water partition coefficient (Wildman–Crippen LogP) is 4.33. The SMILES string of the molecule is CNC(CCc1cccs1)CSC1CCCCC1. The minimum absolute atomic E-state index is 0.680. The molecule has 0 aromatic carbocycles. The van der Waals surface area contributed by atoms with Crippen LogP contribution in [0.25, 0.3) is 0 Å². The van der Waals surface area contributed by atoms with E-state index in [1.807, 2.05) is 11.3 Å². The van der Waals surface area contributed by atoms with Gasteiger partial charge in [-0.3, -0.25) is 0 Å². The second kappa shape index (κ2) is 8.23. The van der Waals surface area contributed by atoms with E-state index >= 15 is 0 Å². The van der Waals surface area contributed by atoms with Gasteiger partial charge >= 0.3 is 0 Å². The van der Waals surface area contributed by atoms with Crippen LogP contribution in [0.1, 0.15) is 43.4 Å². The van der Waals surface area contributed by atoms with Crippen molar-refractivity contribution in [3.05, 3.63) is 22.4 Å². The van der Waals surface area contributed by atoms with Gasteiger partial charge in [-0.2, -0.15) is 11.8 Å². The van der Waals surface area contributed by atoms with Crippen LogP contribution in [-0.2, 0) is 6.42 Å². The van der Waals surface area contributed by atoms with Crippen molar-refractivity contribution in [2.45, 2.75) is 56.2 Å². The first-order chi connectivity index (χ1) is 8.88. The second-order valence-corrected chi connectivity index (χ2v) is 7.56. The van der Waals surface area contributed by atoms with E-state index in [1.165, 1.54) is 55.6 Å². The molecule has 0 saturated heterocycles. The third-order valence-electron chi connectivity index (χ3n) is 3.81. The zero-order valence-electron chi connectivity index (χ0n) is 11.4. The quantitative estimate of drug-likeness (QED) is 0.799. The topological polar surface area (TPSA) is 12.0 Å². The van der Waals surface area contributed by atoms with Crippen LogP contribution >= 0.6 is 23.1 Å². The molecule has 0 aliphatic heterocycles. The number of hydrogen-bond acceptors (Lipinski definition) is 3. The van der Waals surface area contributed by atoms with Crippen molar-refractivity contribution in [1.29, 1.82) is 0 Å². The molecule has 3 heteroatoms. The lowest BCUT2D eigenvalue weighted by molar-refractivity contribution is 0.513. The molecule has 18 heavy (non-hydrogen) atoms. The average Bonchev–Trinajstić information content (AvgIpc) is 2.93. The predicted molar refractivity (Wildman–Crippen MR) is 84.8 cm³/mol. The first-order valence-electron chi connectivity index (χ1n) is 7.19. The Labute approximate surface area is 120 Å². The molecule has 1 fully saturated rings. The van der Waals surface area contributed by atoms with Gasteiger partial charge < -0.3 is 5.32 Å². The zero-order chi connectivity index (χ0) is 12.6. The van der Waals surface area contributed by atoms with Crippen LogP contribution in [0.5, 0.6) is 0 Å². The summed E-state index contributed by atoms with van der Waals surface area (Å²) < 4.78 is 0. The molecule has 2 rings (SSSR count). The standard InChI is InChI=1S/C15H25NS2/c1-16-13(9-10-15-8-5-11-17-15)12-18-14-6-3-2-4-7-14/h5,8,11,13-14,16H,2-4,6-7,9-10,12H2,1H3. The number of nitrogens with one attached hydrogen (secondary N) is 1. The minimum Gasteiger partial charge on any atom is -0.316 e. The molecular weight excluding hydrogens is 258 g/mol. The molecule has 1 atom stereocenters. The van der Waals surface area contributed by atoms with E-state index in [2.05, 4.69) is 41.6 Å². The molecule has 1 aromatic rings. The summed E-state index contributed by atoms with van der Waals surface area (Å²) in [7, 11) is 2.11. The highest BCUT2D eigenvalue weighted by Gasteiger charge is 2.16. The molecule has 1 aromatic heterocycles. The summed E-state index contributed by atoms with van der Waals surface area (Å²) in [6.45, 7) is 0. The maximum Gasteiger partial charge on any atom is 0.0158 e. The second-order valence-electron chi connectivity index (χ2n) is 5.20. The molecule has 1 N–H and O–H groups in total. The Morgan fingerprint density at radius 2 is 2.22 bits per heavy atom. The molecule has 1 nitrogen and oxygen atoms in total. The summed E-state index contributed by atoms with van der Waals surface area (Å²) in [6.07, 6.45) is 9.78. The molecule has 0 radical (unpaired) electrons. The van der Waals surface area contributed by atoms with E-state index in [0.717, 1.165) is 5.25 Å². The van der Waals surface area contributed by atoms with Crippen LogP contribution in [0.15, 0.2) is 17.5 Å². The summed E-state index contributed by atoms with van der Waals surface area (Å²) in [4.78, 5) is 1.53. The smallest absolute Gasteiger partial charge is 0.0158 e. The molecule has 1 unspecified atom stereocenters. The molecule has 1 aliphatic rings. The van der Waals surface area contributed by atoms with Crippen molar-refractivity contribution in [2.75, 3.05) is 12.8 Å². The Morgan fingerprint density at radius 3 is 2.89 bits per heavy atom. The van der Waals surface area contributed by atoms with Gasteiger partial charge in [0.15, 0.2) is 0 Å². The number of hydrogen-bond donors (Lipinski definition) is 1. The van der Waals surface area contributed by atoms with Crippen LogP contribution in [0.4, 0.5) is 0 Å². The van der Waals surface area contributed by atoms with Crippen molar-refractivity contribution < 1.29 is 0 Å². The van der Waals surface area contributed by atoms with E-state index in [4.69, 9.17) is 0 Å². The Morgan fingerprint density at radius 1 is 1.39 bits per heavy atom. The fourth-order valence-electron chi connectivity index (χ4n) is 2.57. The summed E-state index contributed by atoms with van der Waals surface area (Å²) >= 11 is 4.10. The first kappa shape index (κ1) is 14.4. The normalized spacial score (nSPS) is 18.9. The van der Waals surface area contributed by atoms with Crippen molar-refractivity contribution in [3.63, 3.8) is 0 Å². The van der Waals surface area contributed by atoms with Crippen LogP contribution in [-0.4, -0.2) is 24.1 Å². The van der Waals surface area contributed by atoms with Crippen LogP contribution in [0, 0.1) is 0 Å². The Bertz CT molecular complexity index is 304. The zero-order valence-corrected chi connectivity index (χ0v) is 13.0. The molecule has 0 bridgehead atoms. The minimum atomic E-state index is 0.680. The summed E-state index contributed by atoms with van der Waals surface area (Å²) in [5.41, 5.74) is 0.